The third-order valence-electron chi connectivity index (χ3n) is 4.23. The van der Waals surface area contributed by atoms with Crippen LogP contribution in [-0.2, 0) is 11.2 Å². The molecular weight excluding hydrogens is 282 g/mol. The minimum absolute atomic E-state index is 0.0396. The molecule has 1 saturated heterocycles. The number of aliphatic hydroxyl groups excluding tert-OH is 1. The molecule has 0 spiro atoms. The lowest BCUT2D eigenvalue weighted by Crippen LogP contribution is -2.51. The van der Waals surface area contributed by atoms with Crippen molar-refractivity contribution in [2.45, 2.75) is 33.2 Å². The molecular formula is C15H27N5O2. The molecule has 7 nitrogen and oxygen atoms in total. The first-order chi connectivity index (χ1) is 10.6. The summed E-state index contributed by atoms with van der Waals surface area (Å²) in [4.78, 5) is 17.2. The average Bonchev–Trinajstić information content (AvgIpc) is 2.95. The van der Waals surface area contributed by atoms with E-state index in [1.54, 1.807) is 10.9 Å². The molecule has 1 aromatic heterocycles. The highest BCUT2D eigenvalue weighted by atomic mass is 16.3. The van der Waals surface area contributed by atoms with Crippen LogP contribution in [0.5, 0.6) is 0 Å². The number of aromatic nitrogens is 3. The highest BCUT2D eigenvalue weighted by molar-refractivity contribution is 5.80. The van der Waals surface area contributed by atoms with Crippen molar-refractivity contribution in [1.29, 1.82) is 0 Å². The summed E-state index contributed by atoms with van der Waals surface area (Å²) in [5.41, 5.74) is 0.719. The molecule has 1 aliphatic heterocycles. The summed E-state index contributed by atoms with van der Waals surface area (Å²) in [6.07, 6.45) is 2.25. The van der Waals surface area contributed by atoms with E-state index in [0.29, 0.717) is 6.42 Å². The first-order valence-electron chi connectivity index (χ1n) is 8.09. The van der Waals surface area contributed by atoms with Crippen molar-refractivity contribution < 1.29 is 9.90 Å². The van der Waals surface area contributed by atoms with Gasteiger partial charge in [-0.05, 0) is 12.5 Å². The van der Waals surface area contributed by atoms with Crippen molar-refractivity contribution in [3.8, 4) is 0 Å². The van der Waals surface area contributed by atoms with Crippen molar-refractivity contribution in [3.63, 3.8) is 0 Å². The van der Waals surface area contributed by atoms with Gasteiger partial charge in [-0.3, -0.25) is 4.79 Å². The molecule has 2 heterocycles. The monoisotopic (exact) mass is 309 g/mol. The molecule has 1 atom stereocenters. The lowest BCUT2D eigenvalue weighted by molar-refractivity contribution is -0.138. The zero-order chi connectivity index (χ0) is 16.1. The number of amides is 1. The van der Waals surface area contributed by atoms with Gasteiger partial charge < -0.3 is 14.9 Å². The molecule has 0 aromatic carbocycles. The Hall–Kier alpha value is -1.47. The van der Waals surface area contributed by atoms with Crippen LogP contribution in [0.1, 0.15) is 32.5 Å². The van der Waals surface area contributed by atoms with Gasteiger partial charge in [0.2, 0.25) is 5.91 Å². The van der Waals surface area contributed by atoms with Gasteiger partial charge in [0, 0.05) is 45.4 Å². The summed E-state index contributed by atoms with van der Waals surface area (Å²) < 4.78 is 1.66. The summed E-state index contributed by atoms with van der Waals surface area (Å²) in [5, 5.41) is 17.1. The second-order valence-electron chi connectivity index (χ2n) is 6.11. The van der Waals surface area contributed by atoms with Crippen LogP contribution in [0.2, 0.25) is 0 Å². The van der Waals surface area contributed by atoms with Gasteiger partial charge in [-0.15, -0.1) is 5.10 Å². The fraction of sp³-hybridized carbons (Fsp3) is 0.800. The molecule has 1 N–H and O–H groups in total. The van der Waals surface area contributed by atoms with E-state index in [2.05, 4.69) is 22.1 Å². The third kappa shape index (κ3) is 3.84. The number of likely N-dealkylation sites (N-methyl/N-ethyl adjacent to an activating group) is 1. The van der Waals surface area contributed by atoms with E-state index in [1.807, 2.05) is 18.7 Å². The topological polar surface area (TPSA) is 74.5 Å². The van der Waals surface area contributed by atoms with Crippen LogP contribution in [0.15, 0.2) is 6.20 Å². The fourth-order valence-corrected chi connectivity index (χ4v) is 2.85. The van der Waals surface area contributed by atoms with Gasteiger partial charge in [0.1, 0.15) is 6.04 Å². The zero-order valence-electron chi connectivity index (χ0n) is 13.8. The molecule has 22 heavy (non-hydrogen) atoms. The van der Waals surface area contributed by atoms with Gasteiger partial charge in [-0.1, -0.05) is 26.0 Å². The smallest absolute Gasteiger partial charge is 0.247 e. The maximum absolute atomic E-state index is 12.9. The van der Waals surface area contributed by atoms with E-state index in [1.165, 1.54) is 0 Å². The van der Waals surface area contributed by atoms with Crippen molar-refractivity contribution >= 4 is 5.91 Å². The van der Waals surface area contributed by atoms with Crippen molar-refractivity contribution in [2.75, 3.05) is 39.3 Å². The lowest BCUT2D eigenvalue weighted by atomic mass is 10.0. The number of carbonyl (C=O) groups excluding carboxylic acids is 1. The number of piperazine rings is 1. The summed E-state index contributed by atoms with van der Waals surface area (Å²) in [6.45, 7) is 10.7. The van der Waals surface area contributed by atoms with Gasteiger partial charge in [0.15, 0.2) is 0 Å². The molecule has 2 rings (SSSR count). The molecule has 1 aliphatic rings. The molecule has 0 saturated carbocycles. The van der Waals surface area contributed by atoms with Crippen molar-refractivity contribution in [3.05, 3.63) is 11.9 Å². The van der Waals surface area contributed by atoms with E-state index in [9.17, 15) is 4.79 Å². The number of hydrogen-bond donors (Lipinski definition) is 1. The summed E-state index contributed by atoms with van der Waals surface area (Å²) >= 11 is 0. The first-order valence-corrected chi connectivity index (χ1v) is 8.09. The maximum atomic E-state index is 12.9. The van der Waals surface area contributed by atoms with Crippen LogP contribution in [0, 0.1) is 5.92 Å². The van der Waals surface area contributed by atoms with E-state index >= 15 is 0 Å². The molecule has 0 bridgehead atoms. The second kappa shape index (κ2) is 7.69. The molecule has 1 aromatic rings. The highest BCUT2D eigenvalue weighted by Crippen LogP contribution is 2.21. The molecule has 1 amide bonds. The van der Waals surface area contributed by atoms with Gasteiger partial charge in [0.25, 0.3) is 0 Å². The normalized spacial score (nSPS) is 18.0. The van der Waals surface area contributed by atoms with Gasteiger partial charge in [0.05, 0.1) is 5.69 Å². The quantitative estimate of drug-likeness (QED) is 0.811. The van der Waals surface area contributed by atoms with Crippen LogP contribution < -0.4 is 0 Å². The third-order valence-corrected chi connectivity index (χ3v) is 4.23. The Labute approximate surface area is 131 Å². The molecule has 0 aliphatic carbocycles. The number of rotatable bonds is 6. The van der Waals surface area contributed by atoms with Gasteiger partial charge in [-0.2, -0.15) is 0 Å². The largest absolute Gasteiger partial charge is 0.396 e. The van der Waals surface area contributed by atoms with E-state index in [0.717, 1.165) is 38.4 Å². The Bertz CT molecular complexity index is 480. The van der Waals surface area contributed by atoms with Gasteiger partial charge >= 0.3 is 0 Å². The van der Waals surface area contributed by atoms with Crippen molar-refractivity contribution in [1.82, 2.24) is 24.8 Å². The number of carbonyl (C=O) groups is 1. The minimum Gasteiger partial charge on any atom is -0.396 e. The van der Waals surface area contributed by atoms with Crippen molar-refractivity contribution in [2.24, 2.45) is 5.92 Å². The van der Waals surface area contributed by atoms with Gasteiger partial charge in [-0.25, -0.2) is 4.68 Å². The van der Waals surface area contributed by atoms with Crippen LogP contribution in [-0.4, -0.2) is 75.1 Å². The van der Waals surface area contributed by atoms with E-state index in [-0.39, 0.29) is 24.5 Å². The average molecular weight is 309 g/mol. The summed E-state index contributed by atoms with van der Waals surface area (Å²) in [5.74, 6) is 0.256. The standard InChI is InChI=1S/C15H27N5O2/c1-4-18-6-8-19(9-7-18)15(22)14(12(2)3)20-11-13(5-10-21)16-17-20/h11-12,14,21H,4-10H2,1-3H3/t14-/m0/s1. The zero-order valence-corrected chi connectivity index (χ0v) is 13.8. The number of hydrogen-bond acceptors (Lipinski definition) is 5. The first kappa shape index (κ1) is 16.9. The van der Waals surface area contributed by atoms with E-state index in [4.69, 9.17) is 5.11 Å². The predicted octanol–water partition coefficient (Wildman–Crippen LogP) is 0.174. The predicted molar refractivity (Wildman–Crippen MR) is 83.4 cm³/mol. The van der Waals surface area contributed by atoms with E-state index < -0.39 is 0 Å². The summed E-state index contributed by atoms with van der Waals surface area (Å²) in [7, 11) is 0. The number of aliphatic hydroxyl groups is 1. The fourth-order valence-electron chi connectivity index (χ4n) is 2.85. The molecule has 0 radical (unpaired) electrons. The van der Waals surface area contributed by atoms with Crippen LogP contribution >= 0.6 is 0 Å². The number of nitrogens with zero attached hydrogens (tertiary/aromatic N) is 5. The lowest BCUT2D eigenvalue weighted by Gasteiger charge is -2.36. The van der Waals surface area contributed by atoms with Crippen LogP contribution in [0.4, 0.5) is 0 Å². The summed E-state index contributed by atoms with van der Waals surface area (Å²) in [6, 6.07) is -0.326. The Morgan fingerprint density at radius 3 is 2.55 bits per heavy atom. The molecule has 124 valence electrons. The van der Waals surface area contributed by atoms with Crippen LogP contribution in [0.25, 0.3) is 0 Å². The Morgan fingerprint density at radius 2 is 2.00 bits per heavy atom. The Morgan fingerprint density at radius 1 is 1.32 bits per heavy atom. The molecule has 7 heteroatoms. The Kier molecular flexibility index (Phi) is 5.90. The molecule has 1 fully saturated rings. The van der Waals surface area contributed by atoms with Crippen LogP contribution in [0.3, 0.4) is 0 Å². The SMILES string of the molecule is CCN1CCN(C(=O)[C@H](C(C)C)n2cc(CCO)nn2)CC1. The highest BCUT2D eigenvalue weighted by Gasteiger charge is 2.31. The molecule has 0 unspecified atom stereocenters. The second-order valence-corrected chi connectivity index (χ2v) is 6.11. The minimum atomic E-state index is -0.326. The maximum Gasteiger partial charge on any atom is 0.247 e. The Balaban J connectivity index is 2.08.